The quantitative estimate of drug-likeness (QED) is 0.703. The van der Waals surface area contributed by atoms with Crippen molar-refractivity contribution in [2.45, 2.75) is 37.6 Å². The molecule has 72 valence electrons. The number of rotatable bonds is 5. The average Bonchev–Trinajstić information content (AvgIpc) is 2.11. The third-order valence-corrected chi connectivity index (χ3v) is 2.69. The van der Waals surface area contributed by atoms with Crippen LogP contribution in [0.4, 0.5) is 0 Å². The highest BCUT2D eigenvalue weighted by Gasteiger charge is 2.12. The zero-order valence-electron chi connectivity index (χ0n) is 7.51. The van der Waals surface area contributed by atoms with Crippen molar-refractivity contribution < 1.29 is 9.90 Å². The fourth-order valence-electron chi connectivity index (χ4n) is 0.659. The molecule has 0 aliphatic carbocycles. The monoisotopic (exact) mass is 237 g/mol. The van der Waals surface area contributed by atoms with Gasteiger partial charge in [0, 0.05) is 6.54 Å². The number of nitrogens with one attached hydrogen (secondary N) is 1. The van der Waals surface area contributed by atoms with Crippen LogP contribution in [0.2, 0.25) is 0 Å². The third-order valence-electron chi connectivity index (χ3n) is 1.63. The molecule has 3 nitrogen and oxygen atoms in total. The molecule has 0 bridgehead atoms. The normalized spacial score (nSPS) is 15.3. The number of halogens is 1. The van der Waals surface area contributed by atoms with E-state index in [9.17, 15) is 4.79 Å². The molecule has 0 aromatic carbocycles. The van der Waals surface area contributed by atoms with Gasteiger partial charge in [-0.15, -0.1) is 0 Å². The first-order valence-corrected chi connectivity index (χ1v) is 5.13. The summed E-state index contributed by atoms with van der Waals surface area (Å²) in [5, 5.41) is 11.8. The maximum Gasteiger partial charge on any atom is 0.233 e. The summed E-state index contributed by atoms with van der Waals surface area (Å²) >= 11 is 3.22. The van der Waals surface area contributed by atoms with E-state index in [1.54, 1.807) is 0 Å². The fraction of sp³-hybridized carbons (Fsp3) is 0.875. The molecule has 4 heteroatoms. The second-order valence-electron chi connectivity index (χ2n) is 2.68. The second-order valence-corrected chi connectivity index (χ2v) is 3.79. The number of carbonyl (C=O) groups excluding carboxylic acids is 1. The molecule has 0 fully saturated rings. The van der Waals surface area contributed by atoms with Gasteiger partial charge in [0.25, 0.3) is 0 Å². The maximum atomic E-state index is 11.1. The Bertz CT molecular complexity index is 141. The highest BCUT2D eigenvalue weighted by atomic mass is 79.9. The van der Waals surface area contributed by atoms with Crippen molar-refractivity contribution >= 4 is 21.8 Å². The molecule has 1 amide bonds. The Kier molecular flexibility index (Phi) is 6.38. The molecule has 2 unspecified atom stereocenters. The molecule has 0 saturated heterocycles. The van der Waals surface area contributed by atoms with Crippen LogP contribution in [0.25, 0.3) is 0 Å². The van der Waals surface area contributed by atoms with Gasteiger partial charge in [-0.1, -0.05) is 29.8 Å². The van der Waals surface area contributed by atoms with Crippen molar-refractivity contribution in [2.75, 3.05) is 6.54 Å². The molecule has 2 N–H and O–H groups in total. The topological polar surface area (TPSA) is 49.3 Å². The molecular formula is C8H16BrNO2. The van der Waals surface area contributed by atoms with Crippen molar-refractivity contribution in [2.24, 2.45) is 0 Å². The van der Waals surface area contributed by atoms with E-state index in [4.69, 9.17) is 5.11 Å². The molecule has 0 aromatic rings. The van der Waals surface area contributed by atoms with Gasteiger partial charge in [-0.3, -0.25) is 4.79 Å². The summed E-state index contributed by atoms with van der Waals surface area (Å²) in [6.07, 6.45) is 0.999. The molecule has 0 rings (SSSR count). The Hall–Kier alpha value is -0.0900. The Morgan fingerprint density at radius 2 is 2.08 bits per heavy atom. The Morgan fingerprint density at radius 1 is 1.50 bits per heavy atom. The van der Waals surface area contributed by atoms with Gasteiger partial charge in [-0.2, -0.15) is 0 Å². The van der Waals surface area contributed by atoms with E-state index in [2.05, 4.69) is 21.2 Å². The minimum absolute atomic E-state index is 0.0509. The molecule has 0 spiro atoms. The first kappa shape index (κ1) is 11.9. The summed E-state index contributed by atoms with van der Waals surface area (Å²) in [6.45, 7) is 4.15. The number of aliphatic hydroxyl groups is 1. The lowest BCUT2D eigenvalue weighted by molar-refractivity contribution is -0.120. The maximum absolute atomic E-state index is 11.1. The van der Waals surface area contributed by atoms with Crippen molar-refractivity contribution in [1.82, 2.24) is 5.32 Å². The summed E-state index contributed by atoms with van der Waals surface area (Å²) in [7, 11) is 0. The Balaban J connectivity index is 3.56. The molecule has 0 aromatic heterocycles. The van der Waals surface area contributed by atoms with Crippen LogP contribution in [-0.4, -0.2) is 28.5 Å². The van der Waals surface area contributed by atoms with Crippen LogP contribution < -0.4 is 5.32 Å². The van der Waals surface area contributed by atoms with Gasteiger partial charge >= 0.3 is 0 Å². The predicted molar refractivity (Wildman–Crippen MR) is 52.3 cm³/mol. The zero-order chi connectivity index (χ0) is 9.56. The third kappa shape index (κ3) is 4.72. The van der Waals surface area contributed by atoms with E-state index < -0.39 is 6.10 Å². The van der Waals surface area contributed by atoms with E-state index in [1.807, 2.05) is 13.8 Å². The molecular weight excluding hydrogens is 222 g/mol. The molecule has 0 heterocycles. The summed E-state index contributed by atoms with van der Waals surface area (Å²) in [4.78, 5) is 11.0. The van der Waals surface area contributed by atoms with Crippen LogP contribution in [0, 0.1) is 0 Å². The van der Waals surface area contributed by atoms with E-state index in [0.717, 1.165) is 6.42 Å². The number of amides is 1. The summed E-state index contributed by atoms with van der Waals surface area (Å²) in [5.74, 6) is -0.0509. The molecule has 12 heavy (non-hydrogen) atoms. The molecule has 2 atom stereocenters. The SMILES string of the molecule is CCC(O)CNC(=O)C(Br)CC. The molecule has 0 aliphatic rings. The van der Waals surface area contributed by atoms with Crippen molar-refractivity contribution in [3.8, 4) is 0 Å². The standard InChI is InChI=1S/C8H16BrNO2/c1-3-6(11)5-10-8(12)7(9)4-2/h6-7,11H,3-5H2,1-2H3,(H,10,12). The first-order chi connectivity index (χ1) is 5.61. The summed E-state index contributed by atoms with van der Waals surface area (Å²) in [5.41, 5.74) is 0. The van der Waals surface area contributed by atoms with Crippen molar-refractivity contribution in [3.63, 3.8) is 0 Å². The number of aliphatic hydroxyl groups excluding tert-OH is 1. The predicted octanol–water partition coefficient (Wildman–Crippen LogP) is 1.05. The minimum atomic E-state index is -0.425. The van der Waals surface area contributed by atoms with Gasteiger partial charge in [0.05, 0.1) is 10.9 Å². The van der Waals surface area contributed by atoms with Gasteiger partial charge in [-0.05, 0) is 12.8 Å². The van der Waals surface area contributed by atoms with Gasteiger partial charge < -0.3 is 10.4 Å². The highest BCUT2D eigenvalue weighted by Crippen LogP contribution is 2.03. The van der Waals surface area contributed by atoms with Crippen LogP contribution in [0.1, 0.15) is 26.7 Å². The lowest BCUT2D eigenvalue weighted by Crippen LogP contribution is -2.36. The first-order valence-electron chi connectivity index (χ1n) is 4.21. The van der Waals surface area contributed by atoms with E-state index >= 15 is 0 Å². The lowest BCUT2D eigenvalue weighted by Gasteiger charge is -2.11. The minimum Gasteiger partial charge on any atom is -0.391 e. The van der Waals surface area contributed by atoms with Gasteiger partial charge in [-0.25, -0.2) is 0 Å². The van der Waals surface area contributed by atoms with Crippen LogP contribution in [-0.2, 0) is 4.79 Å². The molecule has 0 saturated carbocycles. The molecule has 0 radical (unpaired) electrons. The van der Waals surface area contributed by atoms with Gasteiger partial charge in [0.2, 0.25) is 5.91 Å². The van der Waals surface area contributed by atoms with E-state index in [-0.39, 0.29) is 10.7 Å². The van der Waals surface area contributed by atoms with Crippen LogP contribution in [0.15, 0.2) is 0 Å². The van der Waals surface area contributed by atoms with Gasteiger partial charge in [0.1, 0.15) is 0 Å². The van der Waals surface area contributed by atoms with E-state index in [0.29, 0.717) is 13.0 Å². The highest BCUT2D eigenvalue weighted by molar-refractivity contribution is 9.10. The number of hydrogen-bond donors (Lipinski definition) is 2. The lowest BCUT2D eigenvalue weighted by atomic mass is 10.2. The fourth-order valence-corrected chi connectivity index (χ4v) is 0.821. The number of carbonyl (C=O) groups is 1. The second kappa shape index (κ2) is 6.43. The largest absolute Gasteiger partial charge is 0.391 e. The average molecular weight is 238 g/mol. The van der Waals surface area contributed by atoms with Crippen LogP contribution in [0.3, 0.4) is 0 Å². The zero-order valence-corrected chi connectivity index (χ0v) is 9.10. The summed E-state index contributed by atoms with van der Waals surface area (Å²) < 4.78 is 0. The van der Waals surface area contributed by atoms with Crippen molar-refractivity contribution in [3.05, 3.63) is 0 Å². The van der Waals surface area contributed by atoms with Crippen LogP contribution in [0.5, 0.6) is 0 Å². The number of hydrogen-bond acceptors (Lipinski definition) is 2. The molecule has 0 aliphatic heterocycles. The Morgan fingerprint density at radius 3 is 2.50 bits per heavy atom. The smallest absolute Gasteiger partial charge is 0.233 e. The van der Waals surface area contributed by atoms with Crippen LogP contribution >= 0.6 is 15.9 Å². The van der Waals surface area contributed by atoms with Crippen molar-refractivity contribution in [1.29, 1.82) is 0 Å². The Labute approximate surface area is 81.7 Å². The number of alkyl halides is 1. The van der Waals surface area contributed by atoms with Gasteiger partial charge in [0.15, 0.2) is 0 Å². The van der Waals surface area contributed by atoms with E-state index in [1.165, 1.54) is 0 Å². The summed E-state index contributed by atoms with van der Waals surface area (Å²) in [6, 6.07) is 0.